The van der Waals surface area contributed by atoms with Gasteiger partial charge in [-0.05, 0) is 19.1 Å². The average molecular weight is 213 g/mol. The monoisotopic (exact) mass is 213 g/mol. The molecule has 0 aliphatic rings. The van der Waals surface area contributed by atoms with Crippen molar-refractivity contribution in [3.63, 3.8) is 0 Å². The van der Waals surface area contributed by atoms with Crippen molar-refractivity contribution in [1.82, 2.24) is 4.41 Å². The lowest BCUT2D eigenvalue weighted by atomic mass is 10.3. The average Bonchev–Trinajstić information content (AvgIpc) is 2.20. The van der Waals surface area contributed by atoms with E-state index in [2.05, 4.69) is 0 Å². The van der Waals surface area contributed by atoms with Gasteiger partial charge in [0.15, 0.2) is 0 Å². The van der Waals surface area contributed by atoms with Gasteiger partial charge in [-0.2, -0.15) is 4.41 Å². The van der Waals surface area contributed by atoms with Crippen molar-refractivity contribution < 1.29 is 8.76 Å². The summed E-state index contributed by atoms with van der Waals surface area (Å²) in [5.41, 5.74) is 0.863. The fourth-order valence-corrected chi connectivity index (χ4v) is 1.60. The van der Waals surface area contributed by atoms with E-state index < -0.39 is 11.3 Å². The van der Waals surface area contributed by atoms with Crippen molar-refractivity contribution in [2.45, 2.75) is 6.92 Å². The van der Waals surface area contributed by atoms with Crippen molar-refractivity contribution in [1.29, 1.82) is 0 Å². The third kappa shape index (κ3) is 2.54. The maximum Gasteiger partial charge on any atom is 0.0531 e. The third-order valence-corrected chi connectivity index (χ3v) is 2.54. The van der Waals surface area contributed by atoms with Gasteiger partial charge in [-0.25, -0.2) is 0 Å². The molecule has 14 heavy (non-hydrogen) atoms. The summed E-state index contributed by atoms with van der Waals surface area (Å²) in [7, 11) is 1.51. The Morgan fingerprint density at radius 2 is 1.93 bits per heavy atom. The van der Waals surface area contributed by atoms with Gasteiger partial charge in [0, 0.05) is 24.9 Å². The van der Waals surface area contributed by atoms with Gasteiger partial charge in [0.1, 0.15) is 0 Å². The van der Waals surface area contributed by atoms with Gasteiger partial charge in [0.2, 0.25) is 0 Å². The summed E-state index contributed by atoms with van der Waals surface area (Å²) in [6.45, 7) is 2.50. The molecule has 0 aliphatic heterocycles. The topological polar surface area (TPSA) is 46.6 Å². The molecule has 0 heterocycles. The van der Waals surface area contributed by atoms with Crippen LogP contribution < -0.4 is 5.01 Å². The van der Waals surface area contributed by atoms with E-state index >= 15 is 0 Å². The fourth-order valence-electron chi connectivity index (χ4n) is 1.22. The fraction of sp³-hybridized carbons (Fsp3) is 0.333. The highest BCUT2D eigenvalue weighted by Gasteiger charge is 2.09. The molecule has 0 saturated heterocycles. The number of benzene rings is 1. The maximum absolute atomic E-state index is 10.8. The molecule has 1 unspecified atom stereocenters. The summed E-state index contributed by atoms with van der Waals surface area (Å²) in [5, 5.41) is 1.67. The van der Waals surface area contributed by atoms with Gasteiger partial charge in [-0.15, -0.1) is 0 Å². The van der Waals surface area contributed by atoms with Crippen LogP contribution in [0.25, 0.3) is 0 Å². The second kappa shape index (κ2) is 5.09. The standard InChI is InChI=1S/C9H14N2O2S/c1-3-11(10(2)14(12)13)9-7-5-4-6-8-9/h4-8H,3H2,1-2H3,(H,12,13)/p-1. The molecule has 0 amide bonds. The molecule has 0 bridgehead atoms. The summed E-state index contributed by atoms with van der Waals surface area (Å²) in [6.07, 6.45) is 0. The highest BCUT2D eigenvalue weighted by molar-refractivity contribution is 7.76. The normalized spacial score (nSPS) is 12.9. The van der Waals surface area contributed by atoms with Crippen LogP contribution in [0.15, 0.2) is 30.3 Å². The van der Waals surface area contributed by atoms with Gasteiger partial charge in [0.05, 0.1) is 5.69 Å². The van der Waals surface area contributed by atoms with Crippen LogP contribution in [0.3, 0.4) is 0 Å². The van der Waals surface area contributed by atoms with Gasteiger partial charge in [-0.1, -0.05) is 18.2 Å². The Bertz CT molecular complexity index is 305. The van der Waals surface area contributed by atoms with Crippen molar-refractivity contribution in [2.75, 3.05) is 18.6 Å². The summed E-state index contributed by atoms with van der Waals surface area (Å²) in [4.78, 5) is 0. The third-order valence-electron chi connectivity index (χ3n) is 1.91. The smallest absolute Gasteiger partial charge is 0.0531 e. The first-order valence-corrected chi connectivity index (χ1v) is 5.35. The SMILES string of the molecule is CCN(c1ccccc1)N(C)S(=O)[O-]. The van der Waals surface area contributed by atoms with Crippen molar-refractivity contribution >= 4 is 17.0 Å². The van der Waals surface area contributed by atoms with Gasteiger partial charge < -0.3 is 4.55 Å². The minimum Gasteiger partial charge on any atom is -0.758 e. The van der Waals surface area contributed by atoms with Gasteiger partial charge in [0.25, 0.3) is 0 Å². The zero-order valence-electron chi connectivity index (χ0n) is 8.21. The molecule has 0 saturated carbocycles. The van der Waals surface area contributed by atoms with Crippen LogP contribution in [-0.2, 0) is 11.3 Å². The van der Waals surface area contributed by atoms with Crippen LogP contribution >= 0.6 is 0 Å². The van der Waals surface area contributed by atoms with E-state index in [9.17, 15) is 8.76 Å². The summed E-state index contributed by atoms with van der Waals surface area (Å²) >= 11 is -2.23. The first-order valence-electron chi connectivity index (χ1n) is 4.32. The Kier molecular flexibility index (Phi) is 4.06. The van der Waals surface area contributed by atoms with Crippen LogP contribution in [-0.4, -0.2) is 26.8 Å². The van der Waals surface area contributed by atoms with Crippen LogP contribution in [0.5, 0.6) is 0 Å². The lowest BCUT2D eigenvalue weighted by molar-refractivity contribution is 0.415. The summed E-state index contributed by atoms with van der Waals surface area (Å²) in [5.74, 6) is 0. The Balaban J connectivity index is 2.87. The minimum atomic E-state index is -2.23. The molecule has 0 fully saturated rings. The quantitative estimate of drug-likeness (QED) is 0.557. The maximum atomic E-state index is 10.8. The summed E-state index contributed by atoms with van der Waals surface area (Å²) < 4.78 is 22.7. The molecule has 1 rings (SSSR count). The Morgan fingerprint density at radius 3 is 2.36 bits per heavy atom. The van der Waals surface area contributed by atoms with Crippen LogP contribution in [0.1, 0.15) is 6.92 Å². The molecule has 1 aromatic carbocycles. The number of para-hydroxylation sites is 1. The van der Waals surface area contributed by atoms with Crippen molar-refractivity contribution in [3.05, 3.63) is 30.3 Å². The number of nitrogens with zero attached hydrogens (tertiary/aromatic N) is 2. The van der Waals surface area contributed by atoms with Crippen molar-refractivity contribution in [3.8, 4) is 0 Å². The number of hydrazine groups is 1. The van der Waals surface area contributed by atoms with E-state index in [-0.39, 0.29) is 0 Å². The van der Waals surface area contributed by atoms with Crippen LogP contribution in [0, 0.1) is 0 Å². The molecular weight excluding hydrogens is 200 g/mol. The first kappa shape index (κ1) is 11.2. The lowest BCUT2D eigenvalue weighted by Crippen LogP contribution is -2.40. The van der Waals surface area contributed by atoms with E-state index in [1.165, 1.54) is 11.5 Å². The van der Waals surface area contributed by atoms with Crippen LogP contribution in [0.4, 0.5) is 5.69 Å². The molecule has 0 N–H and O–H groups in total. The van der Waals surface area contributed by atoms with Crippen molar-refractivity contribution in [2.24, 2.45) is 0 Å². The predicted octanol–water partition coefficient (Wildman–Crippen LogP) is 1.15. The largest absolute Gasteiger partial charge is 0.758 e. The zero-order valence-corrected chi connectivity index (χ0v) is 9.03. The molecule has 4 nitrogen and oxygen atoms in total. The highest BCUT2D eigenvalue weighted by Crippen LogP contribution is 2.14. The number of rotatable bonds is 4. The van der Waals surface area contributed by atoms with E-state index in [1.54, 1.807) is 5.01 Å². The molecule has 78 valence electrons. The molecule has 0 aliphatic carbocycles. The van der Waals surface area contributed by atoms with Crippen LogP contribution in [0.2, 0.25) is 0 Å². The first-order chi connectivity index (χ1) is 6.66. The second-order valence-electron chi connectivity index (χ2n) is 2.73. The Hall–Kier alpha value is -0.910. The molecule has 1 aromatic rings. The number of hydrogen-bond acceptors (Lipinski definition) is 3. The molecule has 0 radical (unpaired) electrons. The second-order valence-corrected chi connectivity index (χ2v) is 3.70. The highest BCUT2D eigenvalue weighted by atomic mass is 32.2. The van der Waals surface area contributed by atoms with E-state index in [4.69, 9.17) is 0 Å². The Morgan fingerprint density at radius 1 is 1.36 bits per heavy atom. The summed E-state index contributed by atoms with van der Waals surface area (Å²) in [6, 6.07) is 9.38. The van der Waals surface area contributed by atoms with E-state index in [0.717, 1.165) is 5.69 Å². The molecule has 0 spiro atoms. The lowest BCUT2D eigenvalue weighted by Gasteiger charge is -2.33. The molecule has 0 aromatic heterocycles. The predicted molar refractivity (Wildman–Crippen MR) is 56.1 cm³/mol. The number of anilines is 1. The van der Waals surface area contributed by atoms with E-state index in [0.29, 0.717) is 6.54 Å². The number of hydrogen-bond donors (Lipinski definition) is 0. The van der Waals surface area contributed by atoms with E-state index in [1.807, 2.05) is 37.3 Å². The zero-order chi connectivity index (χ0) is 10.6. The van der Waals surface area contributed by atoms with Gasteiger partial charge in [-0.3, -0.25) is 9.22 Å². The Labute approximate surface area is 86.5 Å². The molecule has 1 atom stereocenters. The molecular formula is C9H13N2O2S-. The van der Waals surface area contributed by atoms with Gasteiger partial charge >= 0.3 is 0 Å². The molecule has 5 heteroatoms. The minimum absolute atomic E-state index is 0.606.